The normalized spacial score (nSPS) is 17.9. The minimum absolute atomic E-state index is 0.286. The minimum atomic E-state index is -4.75. The van der Waals surface area contributed by atoms with Crippen LogP contribution in [0, 0.1) is 6.92 Å². The molecular formula is C16H16F3N3O3. The highest BCUT2D eigenvalue weighted by molar-refractivity contribution is 5.76. The topological polar surface area (TPSA) is 68.3 Å². The Morgan fingerprint density at radius 3 is 2.84 bits per heavy atom. The molecule has 0 bridgehead atoms. The number of alkyl halides is 3. The third-order valence-corrected chi connectivity index (χ3v) is 4.19. The van der Waals surface area contributed by atoms with Crippen LogP contribution in [0.25, 0.3) is 0 Å². The molecule has 0 N–H and O–H groups in total. The molecule has 1 aliphatic heterocycles. The van der Waals surface area contributed by atoms with Gasteiger partial charge in [0.1, 0.15) is 23.6 Å². The van der Waals surface area contributed by atoms with E-state index >= 15 is 0 Å². The highest BCUT2D eigenvalue weighted by atomic mass is 19.4. The quantitative estimate of drug-likeness (QED) is 0.848. The van der Waals surface area contributed by atoms with Crippen LogP contribution >= 0.6 is 0 Å². The fraction of sp³-hybridized carbons (Fsp3) is 0.438. The first-order valence-corrected chi connectivity index (χ1v) is 7.76. The summed E-state index contributed by atoms with van der Waals surface area (Å²) in [6, 6.07) is 3.26. The second-order valence-corrected chi connectivity index (χ2v) is 5.96. The molecule has 25 heavy (non-hydrogen) atoms. The number of nitrogens with zero attached hydrogens (tertiary/aromatic N) is 3. The molecule has 2 aromatic heterocycles. The number of likely N-dealkylation sites (tertiary alicyclic amines) is 1. The van der Waals surface area contributed by atoms with Crippen molar-refractivity contribution in [2.24, 2.45) is 0 Å². The number of hydrogen-bond donors (Lipinski definition) is 0. The third-order valence-electron chi connectivity index (χ3n) is 4.19. The first kappa shape index (κ1) is 17.2. The summed E-state index contributed by atoms with van der Waals surface area (Å²) >= 11 is 0. The summed E-state index contributed by atoms with van der Waals surface area (Å²) in [5.41, 5.74) is -1.90. The largest absolute Gasteiger partial charge is 0.421 e. The van der Waals surface area contributed by atoms with Crippen LogP contribution in [-0.4, -0.2) is 27.1 Å². The van der Waals surface area contributed by atoms with Gasteiger partial charge in [0, 0.05) is 18.8 Å². The van der Waals surface area contributed by atoms with Crippen LogP contribution in [-0.2, 0) is 17.5 Å². The number of aryl methyl sites for hydroxylation is 1. The van der Waals surface area contributed by atoms with E-state index in [9.17, 15) is 22.8 Å². The van der Waals surface area contributed by atoms with Crippen molar-refractivity contribution in [1.82, 2.24) is 14.6 Å². The number of aromatic nitrogens is 2. The molecule has 134 valence electrons. The number of pyridine rings is 1. The van der Waals surface area contributed by atoms with Crippen LogP contribution < -0.4 is 5.56 Å². The Hall–Kier alpha value is -2.58. The van der Waals surface area contributed by atoms with Crippen molar-refractivity contribution in [1.29, 1.82) is 0 Å². The summed E-state index contributed by atoms with van der Waals surface area (Å²) in [6.45, 7) is 1.75. The predicted octanol–water partition coefficient (Wildman–Crippen LogP) is 2.53. The van der Waals surface area contributed by atoms with Crippen LogP contribution in [0.4, 0.5) is 13.2 Å². The van der Waals surface area contributed by atoms with Gasteiger partial charge in [0.25, 0.3) is 5.56 Å². The molecule has 0 saturated carbocycles. The minimum Gasteiger partial charge on any atom is -0.361 e. The Morgan fingerprint density at radius 2 is 2.20 bits per heavy atom. The summed E-state index contributed by atoms with van der Waals surface area (Å²) in [6.07, 6.45) is -2.13. The van der Waals surface area contributed by atoms with Crippen molar-refractivity contribution >= 4 is 5.91 Å². The summed E-state index contributed by atoms with van der Waals surface area (Å²) in [7, 11) is 0. The predicted molar refractivity (Wildman–Crippen MR) is 80.6 cm³/mol. The molecule has 0 aromatic carbocycles. The fourth-order valence-electron chi connectivity index (χ4n) is 3.03. The lowest BCUT2D eigenvalue weighted by molar-refractivity contribution is -0.139. The second-order valence-electron chi connectivity index (χ2n) is 5.96. The lowest BCUT2D eigenvalue weighted by Crippen LogP contribution is -2.37. The zero-order chi connectivity index (χ0) is 18.2. The second kappa shape index (κ2) is 6.38. The molecule has 9 heteroatoms. The lowest BCUT2D eigenvalue weighted by Gasteiger charge is -2.23. The van der Waals surface area contributed by atoms with Crippen LogP contribution in [0.2, 0.25) is 0 Å². The van der Waals surface area contributed by atoms with E-state index < -0.39 is 29.8 Å². The summed E-state index contributed by atoms with van der Waals surface area (Å²) in [5, 5.41) is 3.92. The number of amides is 1. The summed E-state index contributed by atoms with van der Waals surface area (Å²) < 4.78 is 44.3. The molecule has 6 nitrogen and oxygen atoms in total. The molecule has 0 radical (unpaired) electrons. The molecule has 3 heterocycles. The molecule has 2 aromatic rings. The maximum atomic E-state index is 12.8. The fourth-order valence-corrected chi connectivity index (χ4v) is 3.03. The Balaban J connectivity index is 1.82. The van der Waals surface area contributed by atoms with Gasteiger partial charge in [-0.3, -0.25) is 9.59 Å². The van der Waals surface area contributed by atoms with Gasteiger partial charge < -0.3 is 14.0 Å². The van der Waals surface area contributed by atoms with E-state index in [0.29, 0.717) is 30.5 Å². The van der Waals surface area contributed by atoms with E-state index in [4.69, 9.17) is 4.52 Å². The number of carbonyl (C=O) groups excluding carboxylic acids is 1. The van der Waals surface area contributed by atoms with Crippen molar-refractivity contribution in [3.63, 3.8) is 0 Å². The van der Waals surface area contributed by atoms with E-state index in [1.807, 2.05) is 0 Å². The van der Waals surface area contributed by atoms with Crippen molar-refractivity contribution < 1.29 is 22.5 Å². The van der Waals surface area contributed by atoms with Crippen LogP contribution in [0.3, 0.4) is 0 Å². The van der Waals surface area contributed by atoms with E-state index in [1.165, 1.54) is 11.1 Å². The number of hydrogen-bond acceptors (Lipinski definition) is 4. The van der Waals surface area contributed by atoms with E-state index in [-0.39, 0.29) is 6.04 Å². The number of halogens is 3. The monoisotopic (exact) mass is 355 g/mol. The van der Waals surface area contributed by atoms with Crippen LogP contribution in [0.15, 0.2) is 33.7 Å². The number of rotatable bonds is 3. The van der Waals surface area contributed by atoms with E-state index in [2.05, 4.69) is 5.16 Å². The van der Waals surface area contributed by atoms with Gasteiger partial charge in [-0.2, -0.15) is 13.2 Å². The van der Waals surface area contributed by atoms with Gasteiger partial charge in [0.2, 0.25) is 5.91 Å². The molecule has 0 aliphatic carbocycles. The van der Waals surface area contributed by atoms with Crippen molar-refractivity contribution in [2.45, 2.75) is 38.5 Å². The Labute approximate surface area is 140 Å². The molecule has 1 atom stereocenters. The molecule has 1 saturated heterocycles. The lowest BCUT2D eigenvalue weighted by atomic mass is 10.1. The van der Waals surface area contributed by atoms with Crippen LogP contribution in [0.1, 0.15) is 35.9 Å². The molecular weight excluding hydrogens is 339 g/mol. The first-order valence-electron chi connectivity index (χ1n) is 7.76. The summed E-state index contributed by atoms with van der Waals surface area (Å²) in [5.74, 6) is 0.188. The van der Waals surface area contributed by atoms with E-state index in [0.717, 1.165) is 17.1 Å². The molecule has 0 spiro atoms. The van der Waals surface area contributed by atoms with Crippen molar-refractivity contribution in [2.75, 3.05) is 6.54 Å². The van der Waals surface area contributed by atoms with Gasteiger partial charge in [0.15, 0.2) is 0 Å². The Kier molecular flexibility index (Phi) is 4.40. The highest BCUT2D eigenvalue weighted by Gasteiger charge is 2.35. The van der Waals surface area contributed by atoms with Gasteiger partial charge in [-0.15, -0.1) is 0 Å². The van der Waals surface area contributed by atoms with Gasteiger partial charge >= 0.3 is 6.18 Å². The summed E-state index contributed by atoms with van der Waals surface area (Å²) in [4.78, 5) is 26.0. The smallest absolute Gasteiger partial charge is 0.361 e. The molecule has 1 amide bonds. The Bertz CT molecular complexity index is 841. The molecule has 1 fully saturated rings. The first-order chi connectivity index (χ1) is 11.8. The number of carbonyl (C=O) groups is 1. The SMILES string of the molecule is Cc1cc([C@H]2CCCN2C(=O)Cn2cccc(C(F)(F)F)c2=O)no1. The van der Waals surface area contributed by atoms with Gasteiger partial charge in [-0.05, 0) is 31.9 Å². The highest BCUT2D eigenvalue weighted by Crippen LogP contribution is 2.31. The van der Waals surface area contributed by atoms with Gasteiger partial charge in [0.05, 0.1) is 6.04 Å². The Morgan fingerprint density at radius 1 is 1.44 bits per heavy atom. The standard InChI is InChI=1S/C16H16F3N3O3/c1-10-8-12(20-25-10)13-5-3-7-22(13)14(23)9-21-6-2-4-11(15(21)24)16(17,18)19/h2,4,6,8,13H,3,5,7,9H2,1H3/t13-/m1/s1. The van der Waals surface area contributed by atoms with Crippen molar-refractivity contribution in [3.8, 4) is 0 Å². The van der Waals surface area contributed by atoms with Gasteiger partial charge in [-0.25, -0.2) is 0 Å². The third kappa shape index (κ3) is 3.45. The van der Waals surface area contributed by atoms with Crippen molar-refractivity contribution in [3.05, 3.63) is 51.8 Å². The average molecular weight is 355 g/mol. The molecule has 0 unspecified atom stereocenters. The molecule has 1 aliphatic rings. The zero-order valence-electron chi connectivity index (χ0n) is 13.4. The zero-order valence-corrected chi connectivity index (χ0v) is 13.4. The van der Waals surface area contributed by atoms with E-state index in [1.54, 1.807) is 13.0 Å². The molecule has 3 rings (SSSR count). The van der Waals surface area contributed by atoms with Gasteiger partial charge in [-0.1, -0.05) is 5.16 Å². The van der Waals surface area contributed by atoms with Crippen LogP contribution in [0.5, 0.6) is 0 Å². The maximum absolute atomic E-state index is 12.8. The average Bonchev–Trinajstić information content (AvgIpc) is 3.16. The maximum Gasteiger partial charge on any atom is 0.421 e.